The van der Waals surface area contributed by atoms with Gasteiger partial charge in [0.15, 0.2) is 17.5 Å². The summed E-state index contributed by atoms with van der Waals surface area (Å²) in [5.41, 5.74) is 1.46. The maximum atomic E-state index is 12.8. The molecule has 0 N–H and O–H groups in total. The van der Waals surface area contributed by atoms with Crippen molar-refractivity contribution in [3.8, 4) is 6.07 Å². The highest BCUT2D eigenvalue weighted by Gasteiger charge is 2.39. The number of ether oxygens (including phenoxy) is 1. The summed E-state index contributed by atoms with van der Waals surface area (Å²) in [6.07, 6.45) is 0. The number of aryl methyl sites for hydroxylation is 1. The number of carbonyl (C=O) groups excluding carboxylic acids is 3. The zero-order valence-electron chi connectivity index (χ0n) is 14.4. The lowest BCUT2D eigenvalue weighted by Crippen LogP contribution is -2.29. The average molecular weight is 355 g/mol. The molecule has 0 bridgehead atoms. The smallest absolute Gasteiger partial charge is 0.327 e. The van der Waals surface area contributed by atoms with Gasteiger partial charge in [-0.3, -0.25) is 14.4 Å². The lowest BCUT2D eigenvalue weighted by molar-refractivity contribution is -0.143. The van der Waals surface area contributed by atoms with Gasteiger partial charge < -0.3 is 4.74 Å². The highest BCUT2D eigenvalue weighted by Crippen LogP contribution is 2.39. The van der Waals surface area contributed by atoms with Gasteiger partial charge in [-0.15, -0.1) is 0 Å². The number of rotatable bonds is 4. The maximum Gasteiger partial charge on any atom is 0.327 e. The van der Waals surface area contributed by atoms with Gasteiger partial charge in [0.1, 0.15) is 0 Å². The van der Waals surface area contributed by atoms with E-state index in [1.165, 1.54) is 6.92 Å². The summed E-state index contributed by atoms with van der Waals surface area (Å²) in [4.78, 5) is 38.3. The number of hydrogen-bond donors (Lipinski definition) is 0. The number of thioether (sulfide) groups is 1. The molecule has 0 spiro atoms. The summed E-state index contributed by atoms with van der Waals surface area (Å²) in [5, 5.41) is 9.39. The first-order valence-corrected chi connectivity index (χ1v) is 8.36. The molecule has 1 atom stereocenters. The number of allylic oxidation sites excluding steroid dienone is 3. The monoisotopic (exact) mass is 355 g/mol. The van der Waals surface area contributed by atoms with Crippen molar-refractivity contribution in [2.45, 2.75) is 25.7 Å². The molecule has 0 aliphatic heterocycles. The number of nitrogens with zero attached hydrogens (tertiary/aromatic N) is 1. The Morgan fingerprint density at radius 2 is 1.80 bits per heavy atom. The molecule has 25 heavy (non-hydrogen) atoms. The Kier molecular flexibility index (Phi) is 5.60. The van der Waals surface area contributed by atoms with Crippen molar-refractivity contribution >= 4 is 29.3 Å². The molecule has 6 heteroatoms. The van der Waals surface area contributed by atoms with Crippen LogP contribution < -0.4 is 0 Å². The predicted molar refractivity (Wildman–Crippen MR) is 93.6 cm³/mol. The van der Waals surface area contributed by atoms with E-state index in [9.17, 15) is 19.6 Å². The van der Waals surface area contributed by atoms with E-state index in [2.05, 4.69) is 4.74 Å². The molecule has 128 valence electrons. The molecule has 0 amide bonds. The second kappa shape index (κ2) is 7.49. The molecule has 0 saturated carbocycles. The Bertz CT molecular complexity index is 874. The minimum Gasteiger partial charge on any atom is -0.468 e. The molecular formula is C19H17NO4S. The molecule has 5 nitrogen and oxygen atoms in total. The van der Waals surface area contributed by atoms with Gasteiger partial charge in [0.25, 0.3) is 0 Å². The van der Waals surface area contributed by atoms with Gasteiger partial charge in [-0.1, -0.05) is 29.5 Å². The Labute approximate surface area is 150 Å². The van der Waals surface area contributed by atoms with Crippen molar-refractivity contribution in [1.29, 1.82) is 5.26 Å². The number of carbonyl (C=O) groups is 3. The summed E-state index contributed by atoms with van der Waals surface area (Å²) < 4.78 is 4.64. The van der Waals surface area contributed by atoms with Crippen molar-refractivity contribution in [2.24, 2.45) is 5.92 Å². The van der Waals surface area contributed by atoms with Crippen LogP contribution in [-0.4, -0.2) is 24.6 Å². The summed E-state index contributed by atoms with van der Waals surface area (Å²) >= 11 is 1.09. The third kappa shape index (κ3) is 3.57. The molecule has 1 aromatic carbocycles. The molecule has 0 heterocycles. The molecule has 1 aliphatic carbocycles. The number of hydrogen-bond acceptors (Lipinski definition) is 6. The number of Topliss-reactive ketones (excluding diaryl/α,β-unsaturated/α-hetero) is 2. The molecule has 1 unspecified atom stereocenters. The number of methoxy groups -OCH3 is 1. The second-order valence-corrected chi connectivity index (χ2v) is 6.74. The molecule has 2 rings (SSSR count). The fourth-order valence-electron chi connectivity index (χ4n) is 2.45. The van der Waals surface area contributed by atoms with Gasteiger partial charge in [-0.05, 0) is 32.9 Å². The molecule has 0 aromatic heterocycles. The van der Waals surface area contributed by atoms with Crippen molar-refractivity contribution in [1.82, 2.24) is 0 Å². The number of benzene rings is 1. The van der Waals surface area contributed by atoms with Gasteiger partial charge in [0.05, 0.1) is 18.1 Å². The van der Waals surface area contributed by atoms with Crippen LogP contribution >= 0.6 is 11.8 Å². The van der Waals surface area contributed by atoms with Gasteiger partial charge in [0, 0.05) is 21.6 Å². The Hall–Kier alpha value is -2.65. The van der Waals surface area contributed by atoms with Crippen molar-refractivity contribution in [3.05, 3.63) is 51.5 Å². The first-order valence-electron chi connectivity index (χ1n) is 7.54. The van der Waals surface area contributed by atoms with Gasteiger partial charge >= 0.3 is 5.97 Å². The summed E-state index contributed by atoms with van der Waals surface area (Å²) in [7, 11) is 1.14. The van der Waals surface area contributed by atoms with Crippen LogP contribution in [-0.2, 0) is 19.1 Å². The van der Waals surface area contributed by atoms with Crippen molar-refractivity contribution < 1.29 is 19.1 Å². The van der Waals surface area contributed by atoms with Crippen molar-refractivity contribution in [3.63, 3.8) is 0 Å². The molecule has 0 fully saturated rings. The maximum absolute atomic E-state index is 12.8. The van der Waals surface area contributed by atoms with Gasteiger partial charge in [-0.25, -0.2) is 0 Å². The Morgan fingerprint density at radius 3 is 2.36 bits per heavy atom. The van der Waals surface area contributed by atoms with E-state index in [0.29, 0.717) is 5.57 Å². The van der Waals surface area contributed by atoms with Crippen LogP contribution in [0, 0.1) is 24.2 Å². The summed E-state index contributed by atoms with van der Waals surface area (Å²) in [6, 6.07) is 9.22. The topological polar surface area (TPSA) is 84.2 Å². The van der Waals surface area contributed by atoms with E-state index in [4.69, 9.17) is 0 Å². The highest BCUT2D eigenvalue weighted by atomic mass is 32.2. The van der Waals surface area contributed by atoms with E-state index >= 15 is 0 Å². The fraction of sp³-hybridized carbons (Fsp3) is 0.263. The summed E-state index contributed by atoms with van der Waals surface area (Å²) in [5.74, 6) is -3.10. The van der Waals surface area contributed by atoms with Crippen LogP contribution in [0.25, 0.3) is 0 Å². The number of esters is 1. The Morgan fingerprint density at radius 1 is 1.16 bits per heavy atom. The number of ketones is 2. The van der Waals surface area contributed by atoms with Crippen LogP contribution in [0.5, 0.6) is 0 Å². The average Bonchev–Trinajstić information content (AvgIpc) is 2.60. The third-order valence-corrected chi connectivity index (χ3v) is 5.10. The molecule has 1 aromatic rings. The van der Waals surface area contributed by atoms with Crippen LogP contribution in [0.3, 0.4) is 0 Å². The van der Waals surface area contributed by atoms with Gasteiger partial charge in [-0.2, -0.15) is 5.26 Å². The zero-order chi connectivity index (χ0) is 18.7. The first kappa shape index (κ1) is 18.7. The lowest BCUT2D eigenvalue weighted by Gasteiger charge is -2.22. The standard InChI is InChI=1S/C19H17NO4S/c1-10-6-5-7-13(8-10)25-18-15(14(9-20)19(23)24-4)16(21)11(2)12(3)17(18)22/h5-8,14H,1-4H3. The third-order valence-electron chi connectivity index (χ3n) is 4.00. The van der Waals surface area contributed by atoms with Crippen LogP contribution in [0.15, 0.2) is 50.8 Å². The summed E-state index contributed by atoms with van der Waals surface area (Å²) in [6.45, 7) is 5.01. The normalized spacial score (nSPS) is 16.0. The largest absolute Gasteiger partial charge is 0.468 e. The highest BCUT2D eigenvalue weighted by molar-refractivity contribution is 8.04. The lowest BCUT2D eigenvalue weighted by atomic mass is 9.84. The minimum absolute atomic E-state index is 0.103. The van der Waals surface area contributed by atoms with Crippen LogP contribution in [0.4, 0.5) is 0 Å². The van der Waals surface area contributed by atoms with Crippen molar-refractivity contribution in [2.75, 3.05) is 7.11 Å². The quantitative estimate of drug-likeness (QED) is 0.609. The van der Waals surface area contributed by atoms with Crippen LogP contribution in [0.1, 0.15) is 19.4 Å². The predicted octanol–water partition coefficient (Wildman–Crippen LogP) is 3.14. The van der Waals surface area contributed by atoms with Crippen LogP contribution in [0.2, 0.25) is 0 Å². The fourth-order valence-corrected chi connectivity index (χ4v) is 3.64. The van der Waals surface area contributed by atoms with E-state index < -0.39 is 17.7 Å². The number of nitriles is 1. The minimum atomic E-state index is -1.43. The molecule has 1 aliphatic rings. The van der Waals surface area contributed by atoms with Gasteiger partial charge in [0.2, 0.25) is 0 Å². The molecular weight excluding hydrogens is 338 g/mol. The van der Waals surface area contributed by atoms with E-state index in [1.54, 1.807) is 19.1 Å². The second-order valence-electron chi connectivity index (χ2n) is 5.65. The molecule has 0 radical (unpaired) electrons. The van der Waals surface area contributed by atoms with E-state index in [0.717, 1.165) is 29.3 Å². The molecule has 0 saturated heterocycles. The van der Waals surface area contributed by atoms with E-state index in [1.807, 2.05) is 25.1 Å². The first-order chi connectivity index (χ1) is 11.8. The van der Waals surface area contributed by atoms with E-state index in [-0.39, 0.29) is 21.8 Å². The Balaban J connectivity index is 2.64. The zero-order valence-corrected chi connectivity index (χ0v) is 15.2. The SMILES string of the molecule is COC(=O)C(C#N)C1=C(Sc2cccc(C)c2)C(=O)C(C)=C(C)C1=O.